The van der Waals surface area contributed by atoms with E-state index in [1.54, 1.807) is 24.3 Å². The number of hydrogen-bond donors (Lipinski definition) is 1. The first kappa shape index (κ1) is 18.7. The van der Waals surface area contributed by atoms with E-state index in [-0.39, 0.29) is 6.54 Å². The number of thiophene rings is 1. The Labute approximate surface area is 164 Å². The van der Waals surface area contributed by atoms with Crippen LogP contribution < -0.4 is 5.32 Å². The molecule has 0 bridgehead atoms. The Bertz CT molecular complexity index is 936. The van der Waals surface area contributed by atoms with Crippen LogP contribution in [0.15, 0.2) is 34.6 Å². The number of benzene rings is 1. The summed E-state index contributed by atoms with van der Waals surface area (Å²) in [6.07, 6.45) is 1.70. The molecule has 134 valence electrons. The van der Waals surface area contributed by atoms with Gasteiger partial charge in [-0.1, -0.05) is 17.7 Å². The Morgan fingerprint density at radius 3 is 2.69 bits per heavy atom. The van der Waals surface area contributed by atoms with Crippen molar-refractivity contribution in [1.82, 2.24) is 4.90 Å². The lowest BCUT2D eigenvalue weighted by molar-refractivity contribution is -0.127. The van der Waals surface area contributed by atoms with Crippen molar-refractivity contribution in [3.05, 3.63) is 55.6 Å². The Balaban J connectivity index is 1.71. The van der Waals surface area contributed by atoms with Crippen molar-refractivity contribution in [1.29, 1.82) is 0 Å². The van der Waals surface area contributed by atoms with Gasteiger partial charge in [-0.2, -0.15) is 0 Å². The number of nitrogens with zero attached hydrogens (tertiary/aromatic N) is 1. The molecule has 0 unspecified atom stereocenters. The van der Waals surface area contributed by atoms with Gasteiger partial charge >= 0.3 is 0 Å². The number of imide groups is 1. The smallest absolute Gasteiger partial charge is 0.294 e. The maximum atomic E-state index is 12.5. The first-order valence-corrected chi connectivity index (χ1v) is 9.78. The SMILES string of the molecule is Cc1ccc(Cl)cc1NC(=O)CN1C(=O)S/C(=C/c2sccc2C)C1=O. The highest BCUT2D eigenvalue weighted by Crippen LogP contribution is 2.33. The van der Waals surface area contributed by atoms with E-state index >= 15 is 0 Å². The van der Waals surface area contributed by atoms with Gasteiger partial charge in [0.2, 0.25) is 5.91 Å². The summed E-state index contributed by atoms with van der Waals surface area (Å²) in [6, 6.07) is 7.08. The Hall–Kier alpha value is -2.09. The number of aryl methyl sites for hydroxylation is 2. The molecule has 5 nitrogen and oxygen atoms in total. The van der Waals surface area contributed by atoms with E-state index in [1.165, 1.54) is 11.3 Å². The zero-order valence-corrected chi connectivity index (χ0v) is 16.4. The minimum Gasteiger partial charge on any atom is -0.324 e. The lowest BCUT2D eigenvalue weighted by atomic mass is 10.2. The topological polar surface area (TPSA) is 66.5 Å². The van der Waals surface area contributed by atoms with Crippen molar-refractivity contribution in [2.24, 2.45) is 0 Å². The van der Waals surface area contributed by atoms with Crippen molar-refractivity contribution < 1.29 is 14.4 Å². The summed E-state index contributed by atoms with van der Waals surface area (Å²) in [5.41, 5.74) is 2.43. The molecule has 0 radical (unpaired) electrons. The molecule has 0 aliphatic carbocycles. The third kappa shape index (κ3) is 4.00. The molecule has 1 aromatic heterocycles. The molecule has 0 spiro atoms. The second-order valence-electron chi connectivity index (χ2n) is 5.74. The molecule has 0 atom stereocenters. The lowest BCUT2D eigenvalue weighted by Gasteiger charge is -2.13. The van der Waals surface area contributed by atoms with Gasteiger partial charge in [0.15, 0.2) is 0 Å². The van der Waals surface area contributed by atoms with Gasteiger partial charge in [0.05, 0.1) is 4.91 Å². The fourth-order valence-electron chi connectivity index (χ4n) is 2.35. The molecule has 2 aromatic rings. The standard InChI is InChI=1S/C18H15ClN2O3S2/c1-10-3-4-12(19)7-13(10)20-16(22)9-21-17(23)15(26-18(21)24)8-14-11(2)5-6-25-14/h3-8H,9H2,1-2H3,(H,20,22)/b15-8+. The van der Waals surface area contributed by atoms with Crippen molar-refractivity contribution in [3.8, 4) is 0 Å². The maximum Gasteiger partial charge on any atom is 0.294 e. The van der Waals surface area contributed by atoms with Crippen LogP contribution in [0, 0.1) is 13.8 Å². The molecule has 1 N–H and O–H groups in total. The van der Waals surface area contributed by atoms with Crippen LogP contribution in [-0.4, -0.2) is 28.5 Å². The van der Waals surface area contributed by atoms with Crippen LogP contribution in [0.4, 0.5) is 10.5 Å². The third-order valence-corrected chi connectivity index (χ3v) is 5.92. The summed E-state index contributed by atoms with van der Waals surface area (Å²) in [7, 11) is 0. The third-order valence-electron chi connectivity index (χ3n) is 3.81. The predicted octanol–water partition coefficient (Wildman–Crippen LogP) is 4.69. The van der Waals surface area contributed by atoms with Crippen molar-refractivity contribution in [2.45, 2.75) is 13.8 Å². The average molecular weight is 407 g/mol. The summed E-state index contributed by atoms with van der Waals surface area (Å²) >= 11 is 8.28. The van der Waals surface area contributed by atoms with Gasteiger partial charge in [0.25, 0.3) is 11.1 Å². The molecule has 2 heterocycles. The highest BCUT2D eigenvalue weighted by atomic mass is 35.5. The fraction of sp³-hybridized carbons (Fsp3) is 0.167. The summed E-state index contributed by atoms with van der Waals surface area (Å²) in [5, 5.41) is 4.66. The highest BCUT2D eigenvalue weighted by Gasteiger charge is 2.36. The van der Waals surface area contributed by atoms with E-state index in [0.29, 0.717) is 15.6 Å². The van der Waals surface area contributed by atoms with Gasteiger partial charge in [-0.05, 0) is 66.4 Å². The second-order valence-corrected chi connectivity index (χ2v) is 8.12. The van der Waals surface area contributed by atoms with Crippen LogP contribution in [0.5, 0.6) is 0 Å². The molecule has 8 heteroatoms. The van der Waals surface area contributed by atoms with Crippen LogP contribution in [0.3, 0.4) is 0 Å². The molecule has 3 amide bonds. The average Bonchev–Trinajstić information content (AvgIpc) is 3.10. The van der Waals surface area contributed by atoms with Gasteiger partial charge in [0.1, 0.15) is 6.54 Å². The number of anilines is 1. The van der Waals surface area contributed by atoms with E-state index in [9.17, 15) is 14.4 Å². The molecule has 3 rings (SSSR count). The van der Waals surface area contributed by atoms with Crippen LogP contribution in [0.25, 0.3) is 6.08 Å². The van der Waals surface area contributed by atoms with E-state index in [0.717, 1.165) is 32.7 Å². The van der Waals surface area contributed by atoms with Crippen LogP contribution in [-0.2, 0) is 9.59 Å². The Kier molecular flexibility index (Phi) is 5.50. The van der Waals surface area contributed by atoms with E-state index in [4.69, 9.17) is 11.6 Å². The van der Waals surface area contributed by atoms with Crippen LogP contribution in [0.1, 0.15) is 16.0 Å². The molecule has 1 aromatic carbocycles. The summed E-state index contributed by atoms with van der Waals surface area (Å²) in [6.45, 7) is 3.43. The molecular weight excluding hydrogens is 392 g/mol. The van der Waals surface area contributed by atoms with Crippen molar-refractivity contribution in [2.75, 3.05) is 11.9 Å². The number of hydrogen-bond acceptors (Lipinski definition) is 5. The van der Waals surface area contributed by atoms with Gasteiger partial charge in [-0.3, -0.25) is 19.3 Å². The molecule has 1 aliphatic heterocycles. The molecular formula is C18H15ClN2O3S2. The first-order valence-electron chi connectivity index (χ1n) is 7.70. The van der Waals surface area contributed by atoms with Crippen molar-refractivity contribution >= 4 is 63.5 Å². The number of rotatable bonds is 4. The summed E-state index contributed by atoms with van der Waals surface area (Å²) in [4.78, 5) is 39.1. The first-order chi connectivity index (χ1) is 12.3. The van der Waals surface area contributed by atoms with Gasteiger partial charge in [0, 0.05) is 15.6 Å². The molecule has 1 aliphatic rings. The number of thioether (sulfide) groups is 1. The number of nitrogens with one attached hydrogen (secondary N) is 1. The number of amides is 3. The van der Waals surface area contributed by atoms with Crippen molar-refractivity contribution in [3.63, 3.8) is 0 Å². The second kappa shape index (κ2) is 7.65. The monoisotopic (exact) mass is 406 g/mol. The summed E-state index contributed by atoms with van der Waals surface area (Å²) in [5.74, 6) is -0.906. The largest absolute Gasteiger partial charge is 0.324 e. The van der Waals surface area contributed by atoms with E-state index < -0.39 is 17.1 Å². The van der Waals surface area contributed by atoms with Gasteiger partial charge < -0.3 is 5.32 Å². The lowest BCUT2D eigenvalue weighted by Crippen LogP contribution is -2.36. The van der Waals surface area contributed by atoms with E-state index in [2.05, 4.69) is 5.32 Å². The minimum atomic E-state index is -0.453. The molecule has 1 fully saturated rings. The van der Waals surface area contributed by atoms with Gasteiger partial charge in [-0.25, -0.2) is 0 Å². The Morgan fingerprint density at radius 1 is 1.23 bits per heavy atom. The quantitative estimate of drug-likeness (QED) is 0.748. The normalized spacial score (nSPS) is 15.8. The fourth-order valence-corrected chi connectivity index (χ4v) is 4.28. The zero-order valence-electron chi connectivity index (χ0n) is 14.0. The van der Waals surface area contributed by atoms with Gasteiger partial charge in [-0.15, -0.1) is 11.3 Å². The Morgan fingerprint density at radius 2 is 2.00 bits per heavy atom. The van der Waals surface area contributed by atoms with E-state index in [1.807, 2.05) is 25.3 Å². The summed E-state index contributed by atoms with van der Waals surface area (Å²) < 4.78 is 0. The number of carbonyl (C=O) groups is 3. The predicted molar refractivity (Wildman–Crippen MR) is 107 cm³/mol. The van der Waals surface area contributed by atoms with Crippen LogP contribution in [0.2, 0.25) is 5.02 Å². The van der Waals surface area contributed by atoms with Crippen LogP contribution >= 0.6 is 34.7 Å². The molecule has 26 heavy (non-hydrogen) atoms. The number of halogens is 1. The molecule has 0 saturated carbocycles. The maximum absolute atomic E-state index is 12.5. The zero-order chi connectivity index (χ0) is 18.8. The highest BCUT2D eigenvalue weighted by molar-refractivity contribution is 8.18. The molecule has 1 saturated heterocycles. The number of carbonyl (C=O) groups excluding carboxylic acids is 3. The minimum absolute atomic E-state index is 0.326.